The minimum Gasteiger partial charge on any atom is -0.493 e. The lowest BCUT2D eigenvalue weighted by molar-refractivity contribution is -0.144. The van der Waals surface area contributed by atoms with Gasteiger partial charge < -0.3 is 9.47 Å². The molecule has 0 aromatic heterocycles. The van der Waals surface area contributed by atoms with Crippen molar-refractivity contribution in [3.8, 4) is 11.5 Å². The number of rotatable bonds is 5. The van der Waals surface area contributed by atoms with Crippen molar-refractivity contribution in [1.29, 1.82) is 0 Å². The first-order valence-electron chi connectivity index (χ1n) is 11.0. The molecule has 1 aromatic carbocycles. The van der Waals surface area contributed by atoms with Crippen molar-refractivity contribution >= 4 is 28.8 Å². The predicted octanol–water partition coefficient (Wildman–Crippen LogP) is 3.25. The molecule has 0 amide bonds. The maximum absolute atomic E-state index is 13.2. The Kier molecular flexibility index (Phi) is 6.09. The minimum absolute atomic E-state index is 0.0787. The van der Waals surface area contributed by atoms with Gasteiger partial charge in [-0.2, -0.15) is 0 Å². The molecule has 2 saturated carbocycles. The van der Waals surface area contributed by atoms with E-state index in [1.165, 1.54) is 6.08 Å². The Morgan fingerprint density at radius 1 is 0.969 bits per heavy atom. The largest absolute Gasteiger partial charge is 0.493 e. The molecule has 0 spiro atoms. The molecule has 7 heteroatoms. The summed E-state index contributed by atoms with van der Waals surface area (Å²) >= 11 is 0. The average Bonchev–Trinajstić information content (AvgIpc) is 3.24. The number of hydrogen-bond donors (Lipinski definition) is 0. The fourth-order valence-corrected chi connectivity index (χ4v) is 5.07. The second-order valence-corrected chi connectivity index (χ2v) is 8.73. The highest BCUT2D eigenvalue weighted by Gasteiger charge is 2.50. The topological polar surface area (TPSA) is 99.1 Å². The fraction of sp³-hybridized carbons (Fsp3) is 0.480. The summed E-state index contributed by atoms with van der Waals surface area (Å²) in [7, 11) is 3.11. The number of allylic oxidation sites excluding steroid dienone is 2. The van der Waals surface area contributed by atoms with E-state index < -0.39 is 11.7 Å². The third kappa shape index (κ3) is 3.92. The molecule has 2 bridgehead atoms. The van der Waals surface area contributed by atoms with Gasteiger partial charge in [-0.1, -0.05) is 6.07 Å². The van der Waals surface area contributed by atoms with E-state index in [4.69, 9.17) is 14.5 Å². The third-order valence-corrected chi connectivity index (χ3v) is 6.78. The van der Waals surface area contributed by atoms with Crippen LogP contribution in [0.5, 0.6) is 11.5 Å². The molecule has 4 rings (SSSR count). The van der Waals surface area contributed by atoms with E-state index in [2.05, 4.69) is 0 Å². The number of aliphatic imine (C=N–C) groups is 1. The van der Waals surface area contributed by atoms with Crippen molar-refractivity contribution in [3.63, 3.8) is 0 Å². The monoisotopic (exact) mass is 437 g/mol. The number of ether oxygens (including phenoxy) is 2. The van der Waals surface area contributed by atoms with Crippen LogP contribution in [-0.4, -0.2) is 43.1 Å². The van der Waals surface area contributed by atoms with Gasteiger partial charge in [0.1, 0.15) is 5.92 Å². The molecule has 1 heterocycles. The Morgan fingerprint density at radius 2 is 1.62 bits per heavy atom. The Bertz CT molecular complexity index is 1030. The predicted molar refractivity (Wildman–Crippen MR) is 117 cm³/mol. The van der Waals surface area contributed by atoms with Crippen molar-refractivity contribution < 1.29 is 28.7 Å². The van der Waals surface area contributed by atoms with Gasteiger partial charge in [0, 0.05) is 24.0 Å². The number of carbonyl (C=O) groups excluding carboxylic acids is 4. The van der Waals surface area contributed by atoms with Gasteiger partial charge in [0.15, 0.2) is 34.6 Å². The number of nitrogens with zero attached hydrogens (tertiary/aromatic N) is 1. The zero-order valence-electron chi connectivity index (χ0n) is 18.6. The molecule has 2 aliphatic carbocycles. The molecule has 3 aliphatic rings. The molecule has 3 unspecified atom stereocenters. The molecular weight excluding hydrogens is 410 g/mol. The van der Waals surface area contributed by atoms with E-state index in [1.54, 1.807) is 27.2 Å². The van der Waals surface area contributed by atoms with Crippen LogP contribution in [-0.2, 0) is 19.2 Å². The maximum Gasteiger partial charge on any atom is 0.184 e. The van der Waals surface area contributed by atoms with Crippen LogP contribution in [0.15, 0.2) is 34.8 Å². The maximum atomic E-state index is 13.2. The van der Waals surface area contributed by atoms with E-state index >= 15 is 0 Å². The summed E-state index contributed by atoms with van der Waals surface area (Å²) in [5.41, 5.74) is 1.29. The Balaban J connectivity index is 1.63. The molecule has 32 heavy (non-hydrogen) atoms. The van der Waals surface area contributed by atoms with Gasteiger partial charge in [0.2, 0.25) is 0 Å². The van der Waals surface area contributed by atoms with E-state index in [9.17, 15) is 19.2 Å². The summed E-state index contributed by atoms with van der Waals surface area (Å²) < 4.78 is 10.6. The number of benzene rings is 1. The van der Waals surface area contributed by atoms with Gasteiger partial charge in [0.05, 0.1) is 25.8 Å². The molecule has 2 fully saturated rings. The Hall–Kier alpha value is -3.09. The minimum atomic E-state index is -1.33. The van der Waals surface area contributed by atoms with Crippen LogP contribution in [0.2, 0.25) is 0 Å². The molecule has 1 aromatic rings. The van der Waals surface area contributed by atoms with Crippen molar-refractivity contribution in [2.45, 2.75) is 45.1 Å². The average molecular weight is 437 g/mol. The highest BCUT2D eigenvalue weighted by atomic mass is 16.5. The number of Topliss-reactive ketones (excluding diaryl/α,β-unsaturated/α-hetero) is 4. The van der Waals surface area contributed by atoms with Gasteiger partial charge in [-0.15, -0.1) is 0 Å². The summed E-state index contributed by atoms with van der Waals surface area (Å²) in [4.78, 5) is 56.4. The van der Waals surface area contributed by atoms with Crippen molar-refractivity contribution in [1.82, 2.24) is 0 Å². The second-order valence-electron chi connectivity index (χ2n) is 8.73. The normalized spacial score (nSPS) is 31.2. The number of carbonyl (C=O) groups is 4. The van der Waals surface area contributed by atoms with E-state index in [-0.39, 0.29) is 47.2 Å². The van der Waals surface area contributed by atoms with Gasteiger partial charge in [-0.25, -0.2) is 0 Å². The van der Waals surface area contributed by atoms with Gasteiger partial charge in [-0.3, -0.25) is 24.2 Å². The van der Waals surface area contributed by atoms with Gasteiger partial charge in [-0.05, 0) is 56.4 Å². The molecule has 1 aliphatic heterocycles. The second kappa shape index (κ2) is 8.81. The summed E-state index contributed by atoms with van der Waals surface area (Å²) in [6.07, 6.45) is 3.78. The quantitative estimate of drug-likeness (QED) is 0.518. The summed E-state index contributed by atoms with van der Waals surface area (Å²) in [5, 5.41) is 0. The standard InChI is InChI=1S/C25H27NO6/c1-13-10-17(25(30)22-23(28)15-4-5-16(11-15)24(22)29)19(27)8-7-18(26-13)14-6-9-20(31-2)21(12-14)32-3/h6,9-10,12,15-16,18,22H,4-5,7-8,11H2,1-3H3/b17-10+,26-13-. The van der Waals surface area contributed by atoms with Crippen LogP contribution in [0.25, 0.3) is 0 Å². The first-order valence-corrected chi connectivity index (χ1v) is 11.0. The summed E-state index contributed by atoms with van der Waals surface area (Å²) in [5.74, 6) is -2.27. The number of methoxy groups -OCH3 is 2. The smallest absolute Gasteiger partial charge is 0.184 e. The third-order valence-electron chi connectivity index (χ3n) is 6.78. The lowest BCUT2D eigenvalue weighted by Gasteiger charge is -2.25. The molecule has 0 saturated heterocycles. The van der Waals surface area contributed by atoms with Crippen LogP contribution >= 0.6 is 0 Å². The van der Waals surface area contributed by atoms with Crippen LogP contribution < -0.4 is 9.47 Å². The fourth-order valence-electron chi connectivity index (χ4n) is 5.07. The van der Waals surface area contributed by atoms with Crippen molar-refractivity contribution in [2.75, 3.05) is 14.2 Å². The van der Waals surface area contributed by atoms with E-state index in [0.29, 0.717) is 42.9 Å². The Labute approximate surface area is 186 Å². The molecular formula is C25H27NO6. The first kappa shape index (κ1) is 22.1. The highest BCUT2D eigenvalue weighted by Crippen LogP contribution is 2.41. The lowest BCUT2D eigenvalue weighted by atomic mass is 9.74. The lowest BCUT2D eigenvalue weighted by Crippen LogP contribution is -2.43. The Morgan fingerprint density at radius 3 is 2.25 bits per heavy atom. The van der Waals surface area contributed by atoms with Gasteiger partial charge in [0.25, 0.3) is 0 Å². The highest BCUT2D eigenvalue weighted by molar-refractivity contribution is 6.34. The van der Waals surface area contributed by atoms with Crippen LogP contribution in [0.1, 0.15) is 50.6 Å². The summed E-state index contributed by atoms with van der Waals surface area (Å²) in [6.45, 7) is 1.72. The molecule has 0 radical (unpaired) electrons. The molecule has 3 atom stereocenters. The van der Waals surface area contributed by atoms with Crippen LogP contribution in [0.4, 0.5) is 0 Å². The zero-order chi connectivity index (χ0) is 23.0. The van der Waals surface area contributed by atoms with E-state index in [1.807, 2.05) is 12.1 Å². The number of hydrogen-bond acceptors (Lipinski definition) is 7. The molecule has 7 nitrogen and oxygen atoms in total. The zero-order valence-corrected chi connectivity index (χ0v) is 18.6. The van der Waals surface area contributed by atoms with Crippen molar-refractivity contribution in [2.24, 2.45) is 22.7 Å². The number of fused-ring (bicyclic) bond motifs is 2. The number of ketones is 4. The summed E-state index contributed by atoms with van der Waals surface area (Å²) in [6, 6.07) is 5.20. The van der Waals surface area contributed by atoms with Crippen LogP contribution in [0.3, 0.4) is 0 Å². The molecule has 168 valence electrons. The first-order chi connectivity index (χ1) is 15.3. The van der Waals surface area contributed by atoms with Crippen molar-refractivity contribution in [3.05, 3.63) is 35.4 Å². The van der Waals surface area contributed by atoms with Crippen LogP contribution in [0, 0.1) is 17.8 Å². The van der Waals surface area contributed by atoms with Gasteiger partial charge >= 0.3 is 0 Å². The SMILES string of the molecule is COc1ccc(C2CCC(=O)/C(C(=O)C3C(=O)C4CCC(C4)C3=O)=C\C(C)=N/2)cc1OC. The molecule has 0 N–H and O–H groups in total. The van der Waals surface area contributed by atoms with E-state index in [0.717, 1.165) is 5.56 Å².